The molecule has 2 heterocycles. The van der Waals surface area contributed by atoms with Gasteiger partial charge >= 0.3 is 5.97 Å². The van der Waals surface area contributed by atoms with Gasteiger partial charge in [-0.25, -0.2) is 4.79 Å². The summed E-state index contributed by atoms with van der Waals surface area (Å²) in [6.45, 7) is 8.22. The van der Waals surface area contributed by atoms with E-state index in [-0.39, 0.29) is 23.7 Å². The van der Waals surface area contributed by atoms with Gasteiger partial charge in [-0.15, -0.1) is 0 Å². The highest BCUT2D eigenvalue weighted by Gasteiger charge is 2.18. The van der Waals surface area contributed by atoms with Crippen molar-refractivity contribution in [2.45, 2.75) is 40.7 Å². The third kappa shape index (κ3) is 4.94. The Morgan fingerprint density at radius 1 is 1.10 bits per heavy atom. The van der Waals surface area contributed by atoms with E-state index in [2.05, 4.69) is 16.8 Å². The lowest BCUT2D eigenvalue weighted by atomic mass is 10.1. The molecule has 1 amide bonds. The van der Waals surface area contributed by atoms with Crippen LogP contribution in [0.25, 0.3) is 0 Å². The molecular weight excluding hydrogens is 396 g/mol. The molecule has 0 saturated heterocycles. The molecular formula is C24H26N2O5. The number of aromatic nitrogens is 1. The van der Waals surface area contributed by atoms with Gasteiger partial charge in [0.25, 0.3) is 5.91 Å². The summed E-state index contributed by atoms with van der Waals surface area (Å²) in [6.07, 6.45) is 2.37. The Morgan fingerprint density at radius 3 is 2.55 bits per heavy atom. The standard InChI is InChI=1S/C24H26N2O5/c1-5-10-26-16(3)12-19(17(26)4)21(27)14-31-24(29)18-9-8-15(2)20(13-18)25-23(28)22-7-6-11-30-22/h6-9,11-13H,5,10,14H2,1-4H3,(H,25,28). The molecule has 162 valence electrons. The Morgan fingerprint density at radius 2 is 1.87 bits per heavy atom. The first-order valence-electron chi connectivity index (χ1n) is 10.1. The Bertz CT molecular complexity index is 1110. The zero-order valence-corrected chi connectivity index (χ0v) is 18.2. The number of benzene rings is 1. The van der Waals surface area contributed by atoms with Gasteiger partial charge in [-0.05, 0) is 63.1 Å². The van der Waals surface area contributed by atoms with E-state index in [1.165, 1.54) is 12.3 Å². The minimum absolute atomic E-state index is 0.165. The highest BCUT2D eigenvalue weighted by atomic mass is 16.5. The summed E-state index contributed by atoms with van der Waals surface area (Å²) in [5.41, 5.74) is 3.92. The molecule has 0 fully saturated rings. The van der Waals surface area contributed by atoms with E-state index in [1.807, 2.05) is 26.8 Å². The number of esters is 1. The van der Waals surface area contributed by atoms with Gasteiger partial charge in [-0.2, -0.15) is 0 Å². The van der Waals surface area contributed by atoms with Crippen LogP contribution in [0.4, 0.5) is 5.69 Å². The van der Waals surface area contributed by atoms with Gasteiger partial charge in [0, 0.05) is 29.2 Å². The second-order valence-corrected chi connectivity index (χ2v) is 7.40. The number of amides is 1. The van der Waals surface area contributed by atoms with Gasteiger partial charge < -0.3 is 19.0 Å². The van der Waals surface area contributed by atoms with Crippen molar-refractivity contribution >= 4 is 23.3 Å². The third-order valence-electron chi connectivity index (χ3n) is 5.12. The second-order valence-electron chi connectivity index (χ2n) is 7.40. The molecule has 0 saturated carbocycles. The largest absolute Gasteiger partial charge is 0.459 e. The average Bonchev–Trinajstić information content (AvgIpc) is 3.38. The summed E-state index contributed by atoms with van der Waals surface area (Å²) in [5.74, 6) is -1.14. The van der Waals surface area contributed by atoms with Crippen molar-refractivity contribution in [2.24, 2.45) is 0 Å². The van der Waals surface area contributed by atoms with Crippen LogP contribution in [0.15, 0.2) is 47.1 Å². The number of nitrogens with zero attached hydrogens (tertiary/aromatic N) is 1. The van der Waals surface area contributed by atoms with Crippen LogP contribution in [-0.2, 0) is 11.3 Å². The number of hydrogen-bond donors (Lipinski definition) is 1. The zero-order valence-electron chi connectivity index (χ0n) is 18.2. The van der Waals surface area contributed by atoms with E-state index in [0.717, 1.165) is 29.9 Å². The van der Waals surface area contributed by atoms with Crippen LogP contribution >= 0.6 is 0 Å². The molecule has 0 aliphatic carbocycles. The van der Waals surface area contributed by atoms with Crippen LogP contribution in [0.5, 0.6) is 0 Å². The van der Waals surface area contributed by atoms with Gasteiger partial charge in [0.15, 0.2) is 12.4 Å². The summed E-state index contributed by atoms with van der Waals surface area (Å²) in [7, 11) is 0. The number of anilines is 1. The topological polar surface area (TPSA) is 90.5 Å². The number of nitrogens with one attached hydrogen (secondary N) is 1. The van der Waals surface area contributed by atoms with Crippen molar-refractivity contribution in [2.75, 3.05) is 11.9 Å². The summed E-state index contributed by atoms with van der Waals surface area (Å²) in [6, 6.07) is 9.82. The van der Waals surface area contributed by atoms with Crippen LogP contribution in [-0.4, -0.2) is 28.8 Å². The van der Waals surface area contributed by atoms with Gasteiger partial charge in [0.1, 0.15) is 0 Å². The van der Waals surface area contributed by atoms with Gasteiger partial charge in [0.05, 0.1) is 11.8 Å². The first-order valence-corrected chi connectivity index (χ1v) is 10.1. The van der Waals surface area contributed by atoms with Crippen LogP contribution < -0.4 is 5.32 Å². The van der Waals surface area contributed by atoms with Crippen molar-refractivity contribution in [3.8, 4) is 0 Å². The number of ketones is 1. The average molecular weight is 422 g/mol. The summed E-state index contributed by atoms with van der Waals surface area (Å²) >= 11 is 0. The van der Waals surface area contributed by atoms with E-state index < -0.39 is 11.9 Å². The Kier molecular flexibility index (Phi) is 6.74. The monoisotopic (exact) mass is 422 g/mol. The number of hydrogen-bond acceptors (Lipinski definition) is 5. The maximum absolute atomic E-state index is 12.6. The van der Waals surface area contributed by atoms with E-state index in [0.29, 0.717) is 11.3 Å². The molecule has 7 heteroatoms. The SMILES string of the molecule is CCCn1c(C)cc(C(=O)COC(=O)c2ccc(C)c(NC(=O)c3ccco3)c2)c1C. The normalized spacial score (nSPS) is 10.7. The quantitative estimate of drug-likeness (QED) is 0.419. The summed E-state index contributed by atoms with van der Waals surface area (Å²) in [4.78, 5) is 37.3. The zero-order chi connectivity index (χ0) is 22.5. The number of carbonyl (C=O) groups excluding carboxylic acids is 3. The minimum Gasteiger partial charge on any atom is -0.459 e. The third-order valence-corrected chi connectivity index (χ3v) is 5.12. The van der Waals surface area contributed by atoms with Gasteiger partial charge in [-0.3, -0.25) is 9.59 Å². The number of Topliss-reactive ketones (excluding diaryl/α,β-unsaturated/α-hetero) is 1. The van der Waals surface area contributed by atoms with Crippen LogP contribution in [0.3, 0.4) is 0 Å². The number of aryl methyl sites for hydroxylation is 2. The van der Waals surface area contributed by atoms with Crippen LogP contribution in [0.1, 0.15) is 61.6 Å². The molecule has 0 bridgehead atoms. The number of ether oxygens (including phenoxy) is 1. The molecule has 1 aromatic carbocycles. The number of carbonyl (C=O) groups is 3. The van der Waals surface area contributed by atoms with E-state index in [1.54, 1.807) is 24.3 Å². The summed E-state index contributed by atoms with van der Waals surface area (Å²) in [5, 5.41) is 2.72. The highest BCUT2D eigenvalue weighted by molar-refractivity contribution is 6.04. The lowest BCUT2D eigenvalue weighted by Crippen LogP contribution is -2.16. The maximum atomic E-state index is 12.6. The van der Waals surface area contributed by atoms with Crippen molar-refractivity contribution in [3.63, 3.8) is 0 Å². The fourth-order valence-electron chi connectivity index (χ4n) is 3.42. The lowest BCUT2D eigenvalue weighted by molar-refractivity contribution is 0.0474. The smallest absolute Gasteiger partial charge is 0.338 e. The molecule has 0 aliphatic rings. The maximum Gasteiger partial charge on any atom is 0.338 e. The number of rotatable bonds is 8. The molecule has 0 unspecified atom stereocenters. The Labute approximate surface area is 181 Å². The summed E-state index contributed by atoms with van der Waals surface area (Å²) < 4.78 is 12.4. The van der Waals surface area contributed by atoms with E-state index >= 15 is 0 Å². The Balaban J connectivity index is 1.67. The second kappa shape index (κ2) is 9.47. The first-order chi connectivity index (χ1) is 14.8. The highest BCUT2D eigenvalue weighted by Crippen LogP contribution is 2.20. The van der Waals surface area contributed by atoms with Crippen LogP contribution in [0.2, 0.25) is 0 Å². The Hall–Kier alpha value is -3.61. The lowest BCUT2D eigenvalue weighted by Gasteiger charge is -2.10. The van der Waals surface area contributed by atoms with Crippen molar-refractivity contribution in [1.29, 1.82) is 0 Å². The molecule has 0 aliphatic heterocycles. The minimum atomic E-state index is -0.635. The molecule has 7 nitrogen and oxygen atoms in total. The van der Waals surface area contributed by atoms with Gasteiger partial charge in [0.2, 0.25) is 5.78 Å². The fraction of sp³-hybridized carbons (Fsp3) is 0.292. The molecule has 3 aromatic rings. The van der Waals surface area contributed by atoms with Gasteiger partial charge in [-0.1, -0.05) is 13.0 Å². The van der Waals surface area contributed by atoms with Crippen molar-refractivity contribution < 1.29 is 23.5 Å². The van der Waals surface area contributed by atoms with E-state index in [4.69, 9.17) is 9.15 Å². The molecule has 31 heavy (non-hydrogen) atoms. The van der Waals surface area contributed by atoms with Crippen molar-refractivity contribution in [3.05, 3.63) is 76.5 Å². The fourth-order valence-corrected chi connectivity index (χ4v) is 3.42. The predicted molar refractivity (Wildman–Crippen MR) is 117 cm³/mol. The first kappa shape index (κ1) is 22.1. The van der Waals surface area contributed by atoms with Crippen molar-refractivity contribution in [1.82, 2.24) is 4.57 Å². The van der Waals surface area contributed by atoms with E-state index in [9.17, 15) is 14.4 Å². The molecule has 3 rings (SSSR count). The predicted octanol–water partition coefficient (Wildman–Crippen LogP) is 4.71. The molecule has 0 radical (unpaired) electrons. The molecule has 0 spiro atoms. The molecule has 1 N–H and O–H groups in total. The molecule has 2 aromatic heterocycles. The molecule has 0 atom stereocenters. The number of furan rings is 1. The van der Waals surface area contributed by atoms with Crippen LogP contribution in [0, 0.1) is 20.8 Å².